The summed E-state index contributed by atoms with van der Waals surface area (Å²) in [7, 11) is 0. The molecule has 19 heavy (non-hydrogen) atoms. The van der Waals surface area contributed by atoms with E-state index in [9.17, 15) is 4.79 Å². The van der Waals surface area contributed by atoms with Crippen LogP contribution in [0.5, 0.6) is 0 Å². The number of thioether (sulfide) groups is 1. The van der Waals surface area contributed by atoms with Crippen LogP contribution in [0.4, 0.5) is 0 Å². The van der Waals surface area contributed by atoms with Crippen LogP contribution in [-0.4, -0.2) is 59.4 Å². The largest absolute Gasteiger partial charge is 0.341 e. The van der Waals surface area contributed by atoms with Crippen LogP contribution in [0, 0.1) is 5.92 Å². The zero-order chi connectivity index (χ0) is 13.1. The standard InChI is InChI=1S/C15H26N2OS/c18-15(13-4-1-2-5-13)17-8-3-7-16(9-10-17)14-6-11-19-12-14/h13-14H,1-12H2. The zero-order valence-electron chi connectivity index (χ0n) is 11.9. The van der Waals surface area contributed by atoms with Gasteiger partial charge >= 0.3 is 0 Å². The van der Waals surface area contributed by atoms with Gasteiger partial charge in [0.15, 0.2) is 0 Å². The maximum Gasteiger partial charge on any atom is 0.225 e. The molecule has 3 nitrogen and oxygen atoms in total. The average Bonchev–Trinajstić information content (AvgIpc) is 3.08. The summed E-state index contributed by atoms with van der Waals surface area (Å²) >= 11 is 2.09. The Bertz CT molecular complexity index is 311. The predicted octanol–water partition coefficient (Wildman–Crippen LogP) is 2.22. The number of hydrogen-bond acceptors (Lipinski definition) is 3. The lowest BCUT2D eigenvalue weighted by Gasteiger charge is -2.27. The second kappa shape index (κ2) is 6.49. The summed E-state index contributed by atoms with van der Waals surface area (Å²) < 4.78 is 0. The van der Waals surface area contributed by atoms with E-state index in [1.54, 1.807) is 0 Å². The van der Waals surface area contributed by atoms with Gasteiger partial charge in [0.2, 0.25) is 5.91 Å². The fourth-order valence-corrected chi connectivity index (χ4v) is 5.02. The molecule has 3 fully saturated rings. The number of carbonyl (C=O) groups is 1. The molecule has 0 aromatic rings. The molecule has 0 aromatic heterocycles. The van der Waals surface area contributed by atoms with Crippen molar-refractivity contribution in [3.63, 3.8) is 0 Å². The second-order valence-corrected chi connectivity index (χ2v) is 7.36. The van der Waals surface area contributed by atoms with Gasteiger partial charge in [-0.25, -0.2) is 0 Å². The molecule has 0 N–H and O–H groups in total. The molecule has 4 heteroatoms. The molecule has 0 aromatic carbocycles. The van der Waals surface area contributed by atoms with E-state index in [-0.39, 0.29) is 0 Å². The van der Waals surface area contributed by atoms with E-state index in [1.807, 2.05) is 0 Å². The lowest BCUT2D eigenvalue weighted by atomic mass is 10.1. The van der Waals surface area contributed by atoms with Gasteiger partial charge in [-0.15, -0.1) is 0 Å². The van der Waals surface area contributed by atoms with Crippen molar-refractivity contribution in [1.29, 1.82) is 0 Å². The zero-order valence-corrected chi connectivity index (χ0v) is 12.7. The van der Waals surface area contributed by atoms with Crippen molar-refractivity contribution in [3.05, 3.63) is 0 Å². The highest BCUT2D eigenvalue weighted by molar-refractivity contribution is 7.99. The summed E-state index contributed by atoms with van der Waals surface area (Å²) in [5.74, 6) is 3.44. The first-order valence-electron chi connectivity index (χ1n) is 7.95. The second-order valence-electron chi connectivity index (χ2n) is 6.21. The van der Waals surface area contributed by atoms with Crippen molar-refractivity contribution in [2.75, 3.05) is 37.7 Å². The van der Waals surface area contributed by atoms with E-state index < -0.39 is 0 Å². The van der Waals surface area contributed by atoms with Crippen molar-refractivity contribution in [1.82, 2.24) is 9.80 Å². The van der Waals surface area contributed by atoms with E-state index in [0.29, 0.717) is 11.8 Å². The van der Waals surface area contributed by atoms with E-state index in [2.05, 4.69) is 21.6 Å². The molecule has 1 amide bonds. The molecule has 0 bridgehead atoms. The van der Waals surface area contributed by atoms with Crippen molar-refractivity contribution < 1.29 is 4.79 Å². The Morgan fingerprint density at radius 3 is 2.53 bits per heavy atom. The molecule has 1 aliphatic carbocycles. The molecule has 108 valence electrons. The molecular formula is C15H26N2OS. The van der Waals surface area contributed by atoms with E-state index >= 15 is 0 Å². The van der Waals surface area contributed by atoms with Gasteiger partial charge < -0.3 is 4.90 Å². The fraction of sp³-hybridized carbons (Fsp3) is 0.933. The highest BCUT2D eigenvalue weighted by atomic mass is 32.2. The third-order valence-corrected chi connectivity index (χ3v) is 6.11. The Labute approximate surface area is 121 Å². The van der Waals surface area contributed by atoms with Crippen LogP contribution in [0.1, 0.15) is 38.5 Å². The van der Waals surface area contributed by atoms with Gasteiger partial charge in [0.05, 0.1) is 0 Å². The maximum absolute atomic E-state index is 12.5. The Morgan fingerprint density at radius 2 is 1.79 bits per heavy atom. The first-order chi connectivity index (χ1) is 9.34. The van der Waals surface area contributed by atoms with Crippen molar-refractivity contribution in [2.24, 2.45) is 5.92 Å². The Hall–Kier alpha value is -0.220. The van der Waals surface area contributed by atoms with Crippen LogP contribution in [0.3, 0.4) is 0 Å². The van der Waals surface area contributed by atoms with Gasteiger partial charge in [-0.2, -0.15) is 11.8 Å². The first kappa shape index (κ1) is 13.7. The predicted molar refractivity (Wildman–Crippen MR) is 80.5 cm³/mol. The van der Waals surface area contributed by atoms with Crippen molar-refractivity contribution in [3.8, 4) is 0 Å². The topological polar surface area (TPSA) is 23.6 Å². The smallest absolute Gasteiger partial charge is 0.225 e. The number of carbonyl (C=O) groups excluding carboxylic acids is 1. The fourth-order valence-electron chi connectivity index (χ4n) is 3.76. The molecular weight excluding hydrogens is 256 g/mol. The molecule has 3 aliphatic rings. The monoisotopic (exact) mass is 282 g/mol. The minimum atomic E-state index is 0.355. The normalized spacial score (nSPS) is 30.7. The van der Waals surface area contributed by atoms with Crippen LogP contribution >= 0.6 is 11.8 Å². The molecule has 1 unspecified atom stereocenters. The Balaban J connectivity index is 1.53. The number of hydrogen-bond donors (Lipinski definition) is 0. The lowest BCUT2D eigenvalue weighted by molar-refractivity contribution is -0.135. The summed E-state index contributed by atoms with van der Waals surface area (Å²) in [6.45, 7) is 4.26. The van der Waals surface area contributed by atoms with Crippen LogP contribution < -0.4 is 0 Å². The average molecular weight is 282 g/mol. The third kappa shape index (κ3) is 3.27. The maximum atomic E-state index is 12.5. The first-order valence-corrected chi connectivity index (χ1v) is 9.10. The number of rotatable bonds is 2. The Morgan fingerprint density at radius 1 is 0.947 bits per heavy atom. The minimum absolute atomic E-state index is 0.355. The van der Waals surface area contributed by atoms with Gasteiger partial charge in [0.25, 0.3) is 0 Å². The summed E-state index contributed by atoms with van der Waals surface area (Å²) in [4.78, 5) is 17.3. The SMILES string of the molecule is O=C(C1CCCC1)N1CCCN(C2CCSC2)CC1. The highest BCUT2D eigenvalue weighted by Gasteiger charge is 2.30. The Kier molecular flexibility index (Phi) is 4.69. The van der Waals surface area contributed by atoms with Crippen LogP contribution in [-0.2, 0) is 4.79 Å². The molecule has 0 spiro atoms. The van der Waals surface area contributed by atoms with Gasteiger partial charge in [-0.05, 0) is 31.4 Å². The van der Waals surface area contributed by atoms with E-state index in [1.165, 1.54) is 43.7 Å². The molecule has 1 atom stereocenters. The van der Waals surface area contributed by atoms with E-state index in [4.69, 9.17) is 0 Å². The number of amides is 1. The lowest BCUT2D eigenvalue weighted by Crippen LogP contribution is -2.41. The molecule has 1 saturated carbocycles. The molecule has 0 radical (unpaired) electrons. The minimum Gasteiger partial charge on any atom is -0.341 e. The van der Waals surface area contributed by atoms with Crippen LogP contribution in [0.2, 0.25) is 0 Å². The van der Waals surface area contributed by atoms with Crippen molar-refractivity contribution in [2.45, 2.75) is 44.6 Å². The van der Waals surface area contributed by atoms with E-state index in [0.717, 1.165) is 38.5 Å². The number of nitrogens with zero attached hydrogens (tertiary/aromatic N) is 2. The molecule has 2 aliphatic heterocycles. The summed E-state index contributed by atoms with van der Waals surface area (Å²) in [5.41, 5.74) is 0. The molecule has 2 heterocycles. The molecule has 3 rings (SSSR count). The quantitative estimate of drug-likeness (QED) is 0.776. The molecule has 2 saturated heterocycles. The van der Waals surface area contributed by atoms with Gasteiger partial charge in [-0.1, -0.05) is 12.8 Å². The van der Waals surface area contributed by atoms with Crippen LogP contribution in [0.25, 0.3) is 0 Å². The van der Waals surface area contributed by atoms with Crippen molar-refractivity contribution >= 4 is 17.7 Å². The van der Waals surface area contributed by atoms with Gasteiger partial charge in [-0.3, -0.25) is 9.69 Å². The van der Waals surface area contributed by atoms with Gasteiger partial charge in [0, 0.05) is 43.9 Å². The highest BCUT2D eigenvalue weighted by Crippen LogP contribution is 2.28. The van der Waals surface area contributed by atoms with Crippen LogP contribution in [0.15, 0.2) is 0 Å². The van der Waals surface area contributed by atoms with Gasteiger partial charge in [0.1, 0.15) is 0 Å². The summed E-state index contributed by atoms with van der Waals surface area (Å²) in [6, 6.07) is 0.784. The summed E-state index contributed by atoms with van der Waals surface area (Å²) in [6.07, 6.45) is 7.31. The summed E-state index contributed by atoms with van der Waals surface area (Å²) in [5, 5.41) is 0. The third-order valence-electron chi connectivity index (χ3n) is 4.97.